The lowest BCUT2D eigenvalue weighted by Crippen LogP contribution is -2.50. The van der Waals surface area contributed by atoms with E-state index in [9.17, 15) is 4.79 Å². The van der Waals surface area contributed by atoms with Gasteiger partial charge in [-0.15, -0.1) is 24.2 Å². The molecule has 130 valence electrons. The van der Waals surface area contributed by atoms with Crippen LogP contribution in [-0.2, 0) is 4.79 Å². The van der Waals surface area contributed by atoms with Crippen LogP contribution < -0.4 is 5.73 Å². The summed E-state index contributed by atoms with van der Waals surface area (Å²) in [6.07, 6.45) is 2.18. The molecule has 0 aliphatic carbocycles. The molecular weight excluding hydrogens is 396 g/mol. The Balaban J connectivity index is 0.00000264. The van der Waals surface area contributed by atoms with E-state index in [1.54, 1.807) is 11.8 Å². The maximum atomic E-state index is 12.9. The third kappa shape index (κ3) is 5.66. The summed E-state index contributed by atoms with van der Waals surface area (Å²) in [5.74, 6) is 0.636. The van der Waals surface area contributed by atoms with Crippen molar-refractivity contribution in [3.63, 3.8) is 0 Å². The highest BCUT2D eigenvalue weighted by Crippen LogP contribution is 2.35. The summed E-state index contributed by atoms with van der Waals surface area (Å²) in [6, 6.07) is 8.26. The molecule has 2 atom stereocenters. The third-order valence-electron chi connectivity index (χ3n) is 4.19. The van der Waals surface area contributed by atoms with Crippen LogP contribution in [0.25, 0.3) is 0 Å². The molecule has 2 unspecified atom stereocenters. The van der Waals surface area contributed by atoms with E-state index in [0.29, 0.717) is 5.92 Å². The Bertz CT molecular complexity index is 522. The first-order valence-electron chi connectivity index (χ1n) is 7.79. The highest BCUT2D eigenvalue weighted by atomic mass is 79.9. The minimum atomic E-state index is -0.465. The number of halogens is 2. The molecule has 2 N–H and O–H groups in total. The van der Waals surface area contributed by atoms with Crippen LogP contribution in [0, 0.1) is 5.92 Å². The molecule has 3 nitrogen and oxygen atoms in total. The molecule has 2 rings (SSSR count). The maximum Gasteiger partial charge on any atom is 0.238 e. The normalized spacial score (nSPS) is 19.9. The van der Waals surface area contributed by atoms with Crippen molar-refractivity contribution < 1.29 is 4.79 Å². The summed E-state index contributed by atoms with van der Waals surface area (Å²) in [6.45, 7) is 7.71. The van der Waals surface area contributed by atoms with Gasteiger partial charge in [0.05, 0.1) is 4.75 Å². The molecule has 0 bridgehead atoms. The van der Waals surface area contributed by atoms with Crippen molar-refractivity contribution in [1.29, 1.82) is 0 Å². The van der Waals surface area contributed by atoms with Crippen LogP contribution in [0.1, 0.15) is 33.6 Å². The Labute approximate surface area is 158 Å². The largest absolute Gasteiger partial charge is 0.341 e. The van der Waals surface area contributed by atoms with E-state index < -0.39 is 4.75 Å². The summed E-state index contributed by atoms with van der Waals surface area (Å²) < 4.78 is 0.588. The highest BCUT2D eigenvalue weighted by molar-refractivity contribution is 9.10. The summed E-state index contributed by atoms with van der Waals surface area (Å²) in [4.78, 5) is 16.0. The van der Waals surface area contributed by atoms with E-state index in [1.807, 2.05) is 49.9 Å². The minimum Gasteiger partial charge on any atom is -0.341 e. The molecule has 1 amide bonds. The summed E-state index contributed by atoms with van der Waals surface area (Å²) in [5.41, 5.74) is 6.03. The molecule has 1 fully saturated rings. The zero-order valence-electron chi connectivity index (χ0n) is 13.9. The molecule has 1 saturated heterocycles. The fourth-order valence-electron chi connectivity index (χ4n) is 2.85. The van der Waals surface area contributed by atoms with Crippen molar-refractivity contribution in [3.05, 3.63) is 28.7 Å². The van der Waals surface area contributed by atoms with Crippen LogP contribution in [0.5, 0.6) is 0 Å². The van der Waals surface area contributed by atoms with Crippen LogP contribution >= 0.6 is 40.1 Å². The van der Waals surface area contributed by atoms with Crippen LogP contribution in [0.4, 0.5) is 0 Å². The smallest absolute Gasteiger partial charge is 0.238 e. The lowest BCUT2D eigenvalue weighted by molar-refractivity contribution is -0.134. The predicted molar refractivity (Wildman–Crippen MR) is 104 cm³/mol. The Morgan fingerprint density at radius 3 is 2.57 bits per heavy atom. The number of piperidine rings is 1. The van der Waals surface area contributed by atoms with Crippen molar-refractivity contribution in [2.24, 2.45) is 11.7 Å². The number of amides is 1. The Hall–Kier alpha value is -0.230. The average Bonchev–Trinajstić information content (AvgIpc) is 2.48. The van der Waals surface area contributed by atoms with Crippen LogP contribution in [0.15, 0.2) is 33.6 Å². The number of carbonyl (C=O) groups excluding carboxylic acids is 1. The van der Waals surface area contributed by atoms with E-state index in [2.05, 4.69) is 15.9 Å². The molecule has 1 aliphatic heterocycles. The molecule has 0 aromatic heterocycles. The van der Waals surface area contributed by atoms with Crippen LogP contribution in [-0.4, -0.2) is 34.7 Å². The number of hydrogen-bond donors (Lipinski definition) is 1. The third-order valence-corrected chi connectivity index (χ3v) is 5.91. The first kappa shape index (κ1) is 20.8. The van der Waals surface area contributed by atoms with Gasteiger partial charge in [-0.3, -0.25) is 4.79 Å². The van der Waals surface area contributed by atoms with E-state index in [0.717, 1.165) is 35.3 Å². The second-order valence-electron chi connectivity index (χ2n) is 6.58. The van der Waals surface area contributed by atoms with Gasteiger partial charge < -0.3 is 10.6 Å². The highest BCUT2D eigenvalue weighted by Gasteiger charge is 2.36. The summed E-state index contributed by atoms with van der Waals surface area (Å²) in [5, 5.41) is 0. The standard InChI is InChI=1S/C17H25BrN2OS.ClH/c1-12(19)13-5-4-10-20(11-13)16(21)17(2,3)22-15-8-6-14(18)7-9-15;/h6-9,12-13H,4-5,10-11,19H2,1-3H3;1H. The minimum absolute atomic E-state index is 0. The van der Waals surface area contributed by atoms with Gasteiger partial charge in [0.15, 0.2) is 0 Å². The van der Waals surface area contributed by atoms with Gasteiger partial charge in [0.1, 0.15) is 0 Å². The van der Waals surface area contributed by atoms with E-state index >= 15 is 0 Å². The monoisotopic (exact) mass is 420 g/mol. The molecule has 6 heteroatoms. The number of rotatable bonds is 4. The van der Waals surface area contributed by atoms with Gasteiger partial charge in [0.25, 0.3) is 0 Å². The lowest BCUT2D eigenvalue weighted by atomic mass is 9.91. The van der Waals surface area contributed by atoms with Gasteiger partial charge >= 0.3 is 0 Å². The Kier molecular flexibility index (Phi) is 7.91. The van der Waals surface area contributed by atoms with Gasteiger partial charge in [0.2, 0.25) is 5.91 Å². The fraction of sp³-hybridized carbons (Fsp3) is 0.588. The molecule has 0 saturated carbocycles. The first-order valence-corrected chi connectivity index (χ1v) is 9.40. The number of thioether (sulfide) groups is 1. The molecule has 1 aliphatic rings. The van der Waals surface area contributed by atoms with Crippen LogP contribution in [0.3, 0.4) is 0 Å². The van der Waals surface area contributed by atoms with Crippen molar-refractivity contribution in [1.82, 2.24) is 4.90 Å². The van der Waals surface area contributed by atoms with Crippen molar-refractivity contribution in [3.8, 4) is 0 Å². The molecule has 1 heterocycles. The van der Waals surface area contributed by atoms with Crippen molar-refractivity contribution >= 4 is 46.0 Å². The van der Waals surface area contributed by atoms with E-state index in [4.69, 9.17) is 5.73 Å². The van der Waals surface area contributed by atoms with Crippen molar-refractivity contribution in [2.75, 3.05) is 13.1 Å². The quantitative estimate of drug-likeness (QED) is 0.736. The van der Waals surface area contributed by atoms with Gasteiger partial charge in [-0.2, -0.15) is 0 Å². The number of hydrogen-bond acceptors (Lipinski definition) is 3. The summed E-state index contributed by atoms with van der Waals surface area (Å²) in [7, 11) is 0. The Morgan fingerprint density at radius 2 is 2.00 bits per heavy atom. The second-order valence-corrected chi connectivity index (χ2v) is 9.19. The number of nitrogens with two attached hydrogens (primary N) is 1. The maximum absolute atomic E-state index is 12.9. The second kappa shape index (κ2) is 8.75. The van der Waals surface area contributed by atoms with Gasteiger partial charge in [-0.05, 0) is 63.8 Å². The molecule has 1 aromatic carbocycles. The SMILES string of the molecule is CC(N)C1CCCN(C(=O)C(C)(C)Sc2ccc(Br)cc2)C1.Cl. The summed E-state index contributed by atoms with van der Waals surface area (Å²) >= 11 is 5.06. The fourth-order valence-corrected chi connectivity index (χ4v) is 4.19. The zero-order chi connectivity index (χ0) is 16.3. The van der Waals surface area contributed by atoms with Gasteiger partial charge in [-0.1, -0.05) is 15.9 Å². The number of likely N-dealkylation sites (tertiary alicyclic amines) is 1. The first-order chi connectivity index (χ1) is 10.3. The number of carbonyl (C=O) groups is 1. The molecule has 0 radical (unpaired) electrons. The van der Waals surface area contributed by atoms with Crippen LogP contribution in [0.2, 0.25) is 0 Å². The van der Waals surface area contributed by atoms with E-state index in [-0.39, 0.29) is 24.4 Å². The topological polar surface area (TPSA) is 46.3 Å². The zero-order valence-corrected chi connectivity index (χ0v) is 17.1. The number of benzene rings is 1. The lowest BCUT2D eigenvalue weighted by Gasteiger charge is -2.38. The van der Waals surface area contributed by atoms with E-state index in [1.165, 1.54) is 0 Å². The average molecular weight is 422 g/mol. The van der Waals surface area contributed by atoms with Gasteiger partial charge in [-0.25, -0.2) is 0 Å². The number of nitrogens with zero attached hydrogens (tertiary/aromatic N) is 1. The molecule has 0 spiro atoms. The molecule has 23 heavy (non-hydrogen) atoms. The molecule has 1 aromatic rings. The molecular formula is C17H26BrClN2OS. The predicted octanol–water partition coefficient (Wildman–Crippen LogP) is 4.33. The van der Waals surface area contributed by atoms with Gasteiger partial charge in [0, 0.05) is 28.5 Å². The Morgan fingerprint density at radius 1 is 1.39 bits per heavy atom. The van der Waals surface area contributed by atoms with Crippen molar-refractivity contribution in [2.45, 2.75) is 49.3 Å².